The Hall–Kier alpha value is -1.02. The lowest BCUT2D eigenvalue weighted by molar-refractivity contribution is 0.0302. The molecule has 1 heterocycles. The topological polar surface area (TPSA) is 23.5 Å². The molecule has 1 N–H and O–H groups in total. The van der Waals surface area contributed by atoms with Crippen molar-refractivity contribution in [3.05, 3.63) is 29.3 Å². The van der Waals surface area contributed by atoms with Crippen molar-refractivity contribution in [2.24, 2.45) is 5.92 Å². The fraction of sp³-hybridized carbons (Fsp3) is 0.750. The highest BCUT2D eigenvalue weighted by Gasteiger charge is 2.48. The van der Waals surface area contributed by atoms with E-state index in [1.165, 1.54) is 82.0 Å². The zero-order chi connectivity index (χ0) is 18.6. The third kappa shape index (κ3) is 4.11. The van der Waals surface area contributed by atoms with E-state index in [4.69, 9.17) is 0 Å². The first-order valence-corrected chi connectivity index (χ1v) is 11.1. The van der Waals surface area contributed by atoms with E-state index in [0.29, 0.717) is 17.7 Å². The molecule has 0 radical (unpaired) electrons. The van der Waals surface area contributed by atoms with Gasteiger partial charge in [0, 0.05) is 6.04 Å². The second kappa shape index (κ2) is 8.78. The van der Waals surface area contributed by atoms with E-state index in [-0.39, 0.29) is 5.41 Å². The van der Waals surface area contributed by atoms with Crippen LogP contribution in [0.4, 0.5) is 0 Å². The maximum Gasteiger partial charge on any atom is 0.115 e. The van der Waals surface area contributed by atoms with E-state index in [0.717, 1.165) is 6.42 Å². The highest BCUT2D eigenvalue weighted by Crippen LogP contribution is 2.49. The molecule has 1 aromatic carbocycles. The number of nitrogens with zero attached hydrogens (tertiary/aromatic N) is 1. The van der Waals surface area contributed by atoms with Gasteiger partial charge >= 0.3 is 0 Å². The molecule has 2 aliphatic rings. The maximum atomic E-state index is 9.96. The van der Waals surface area contributed by atoms with Crippen molar-refractivity contribution in [2.45, 2.75) is 96.4 Å². The average Bonchev–Trinajstić information content (AvgIpc) is 2.63. The molecule has 26 heavy (non-hydrogen) atoms. The predicted octanol–water partition coefficient (Wildman–Crippen LogP) is 6.06. The van der Waals surface area contributed by atoms with Gasteiger partial charge in [0.25, 0.3) is 0 Å². The van der Waals surface area contributed by atoms with Crippen LogP contribution in [0.2, 0.25) is 0 Å². The Morgan fingerprint density at radius 2 is 1.77 bits per heavy atom. The minimum atomic E-state index is 0.229. The van der Waals surface area contributed by atoms with E-state index in [1.54, 1.807) is 0 Å². The lowest BCUT2D eigenvalue weighted by atomic mass is 9.59. The zero-order valence-electron chi connectivity index (χ0n) is 17.3. The van der Waals surface area contributed by atoms with Gasteiger partial charge in [0.1, 0.15) is 5.75 Å². The van der Waals surface area contributed by atoms with Crippen LogP contribution >= 0.6 is 0 Å². The summed E-state index contributed by atoms with van der Waals surface area (Å²) >= 11 is 0. The van der Waals surface area contributed by atoms with Crippen molar-refractivity contribution < 1.29 is 5.11 Å². The van der Waals surface area contributed by atoms with Crippen LogP contribution in [0.25, 0.3) is 0 Å². The molecule has 1 fully saturated rings. The molecule has 0 aromatic heterocycles. The normalized spacial score (nSPS) is 28.1. The number of phenolic OH excluding ortho intramolecular Hbond substituents is 1. The lowest BCUT2D eigenvalue weighted by Gasteiger charge is -2.54. The van der Waals surface area contributed by atoms with Crippen LogP contribution < -0.4 is 0 Å². The molecule has 2 bridgehead atoms. The van der Waals surface area contributed by atoms with Gasteiger partial charge in [-0.25, -0.2) is 0 Å². The molecule has 146 valence electrons. The SMILES string of the molecule is CCCCCCCCCCN1CC[C@]2(C)c3cc(O)ccc3C[C@@H]1[C@@H]2C. The molecule has 0 unspecified atom stereocenters. The molecular formula is C24H39NO. The van der Waals surface area contributed by atoms with Crippen molar-refractivity contribution in [2.75, 3.05) is 13.1 Å². The Kier molecular flexibility index (Phi) is 6.66. The number of unbranched alkanes of at least 4 members (excludes halogenated alkanes) is 7. The summed E-state index contributed by atoms with van der Waals surface area (Å²) in [6, 6.07) is 6.75. The summed E-state index contributed by atoms with van der Waals surface area (Å²) in [6.45, 7) is 9.65. The predicted molar refractivity (Wildman–Crippen MR) is 111 cm³/mol. The highest BCUT2D eigenvalue weighted by molar-refractivity contribution is 5.44. The van der Waals surface area contributed by atoms with E-state index in [9.17, 15) is 5.11 Å². The molecule has 0 saturated carbocycles. The second-order valence-electron chi connectivity index (χ2n) is 9.08. The molecule has 1 aliphatic heterocycles. The number of likely N-dealkylation sites (tertiary alicyclic amines) is 1. The quantitative estimate of drug-likeness (QED) is 0.543. The summed E-state index contributed by atoms with van der Waals surface area (Å²) in [5, 5.41) is 9.96. The Balaban J connectivity index is 1.51. The molecule has 0 spiro atoms. The standard InChI is InChI=1S/C24H39NO/c1-4-5-6-7-8-9-10-11-15-25-16-14-24(3)19(2)23(25)17-20-12-13-21(26)18-22(20)24/h12-13,18-19,23,26H,4-11,14-17H2,1-3H3/t19-,23+,24-/m0/s1. The maximum absolute atomic E-state index is 9.96. The summed E-state index contributed by atoms with van der Waals surface area (Å²) in [6.07, 6.45) is 13.6. The van der Waals surface area contributed by atoms with Crippen molar-refractivity contribution in [1.29, 1.82) is 0 Å². The number of aromatic hydroxyl groups is 1. The van der Waals surface area contributed by atoms with Crippen molar-refractivity contribution in [3.63, 3.8) is 0 Å². The summed E-state index contributed by atoms with van der Waals surface area (Å²) in [7, 11) is 0. The number of rotatable bonds is 9. The van der Waals surface area contributed by atoms with Crippen LogP contribution in [0.15, 0.2) is 18.2 Å². The van der Waals surface area contributed by atoms with Crippen LogP contribution in [0.5, 0.6) is 5.75 Å². The van der Waals surface area contributed by atoms with Crippen LogP contribution in [0.3, 0.4) is 0 Å². The Labute approximate surface area is 161 Å². The van der Waals surface area contributed by atoms with Gasteiger partial charge < -0.3 is 5.11 Å². The minimum Gasteiger partial charge on any atom is -0.508 e. The van der Waals surface area contributed by atoms with Crippen LogP contribution in [0, 0.1) is 5.92 Å². The van der Waals surface area contributed by atoms with E-state index in [1.807, 2.05) is 12.1 Å². The van der Waals surface area contributed by atoms with Crippen LogP contribution in [0.1, 0.15) is 89.7 Å². The van der Waals surface area contributed by atoms with E-state index >= 15 is 0 Å². The van der Waals surface area contributed by atoms with Crippen molar-refractivity contribution >= 4 is 0 Å². The second-order valence-corrected chi connectivity index (χ2v) is 9.08. The molecule has 1 aliphatic carbocycles. The number of fused-ring (bicyclic) bond motifs is 4. The largest absolute Gasteiger partial charge is 0.508 e. The number of phenols is 1. The number of hydrogen-bond donors (Lipinski definition) is 1. The third-order valence-corrected chi connectivity index (χ3v) is 7.41. The molecule has 3 atom stereocenters. The van der Waals surface area contributed by atoms with Gasteiger partial charge in [-0.15, -0.1) is 0 Å². The lowest BCUT2D eigenvalue weighted by Crippen LogP contribution is -2.58. The minimum absolute atomic E-state index is 0.229. The van der Waals surface area contributed by atoms with E-state index in [2.05, 4.69) is 31.7 Å². The van der Waals surface area contributed by atoms with Gasteiger partial charge in [-0.3, -0.25) is 4.90 Å². The monoisotopic (exact) mass is 357 g/mol. The Morgan fingerprint density at radius 3 is 2.50 bits per heavy atom. The molecule has 3 rings (SSSR count). The first kappa shape index (κ1) is 19.7. The third-order valence-electron chi connectivity index (χ3n) is 7.41. The summed E-state index contributed by atoms with van der Waals surface area (Å²) < 4.78 is 0. The fourth-order valence-corrected chi connectivity index (χ4v) is 5.42. The molecule has 2 nitrogen and oxygen atoms in total. The van der Waals surface area contributed by atoms with Crippen molar-refractivity contribution in [1.82, 2.24) is 4.90 Å². The molecule has 1 aromatic rings. The first-order valence-electron chi connectivity index (χ1n) is 11.1. The Bertz CT molecular complexity index is 584. The van der Waals surface area contributed by atoms with Gasteiger partial charge in [0.05, 0.1) is 0 Å². The first-order chi connectivity index (χ1) is 12.6. The molecular weight excluding hydrogens is 318 g/mol. The molecule has 1 saturated heterocycles. The zero-order valence-corrected chi connectivity index (χ0v) is 17.3. The Morgan fingerprint density at radius 1 is 1.08 bits per heavy atom. The summed E-state index contributed by atoms with van der Waals surface area (Å²) in [5.41, 5.74) is 3.11. The highest BCUT2D eigenvalue weighted by atomic mass is 16.3. The number of hydrogen-bond acceptors (Lipinski definition) is 2. The number of benzene rings is 1. The van der Waals surface area contributed by atoms with Crippen LogP contribution in [-0.4, -0.2) is 29.1 Å². The molecule has 0 amide bonds. The smallest absolute Gasteiger partial charge is 0.115 e. The van der Waals surface area contributed by atoms with Gasteiger partial charge in [0.2, 0.25) is 0 Å². The van der Waals surface area contributed by atoms with Crippen molar-refractivity contribution in [3.8, 4) is 5.75 Å². The van der Waals surface area contributed by atoms with Gasteiger partial charge in [0.15, 0.2) is 0 Å². The van der Waals surface area contributed by atoms with Gasteiger partial charge in [-0.1, -0.05) is 71.8 Å². The average molecular weight is 358 g/mol. The summed E-state index contributed by atoms with van der Waals surface area (Å²) in [5.74, 6) is 1.09. The molecule has 2 heteroatoms. The fourth-order valence-electron chi connectivity index (χ4n) is 5.42. The summed E-state index contributed by atoms with van der Waals surface area (Å²) in [4.78, 5) is 2.78. The van der Waals surface area contributed by atoms with Crippen LogP contribution in [-0.2, 0) is 11.8 Å². The van der Waals surface area contributed by atoms with Gasteiger partial charge in [-0.05, 0) is 66.9 Å². The van der Waals surface area contributed by atoms with Gasteiger partial charge in [-0.2, -0.15) is 0 Å². The van der Waals surface area contributed by atoms with E-state index < -0.39 is 0 Å². The number of piperidine rings is 1.